The highest BCUT2D eigenvalue weighted by Crippen LogP contribution is 2.28. The number of nitrogens with zero attached hydrogens (tertiary/aromatic N) is 1. The first kappa shape index (κ1) is 14.9. The molecule has 0 bridgehead atoms. The Morgan fingerprint density at radius 2 is 2.10 bits per heavy atom. The van der Waals surface area contributed by atoms with Gasteiger partial charge in [-0.1, -0.05) is 44.2 Å². The van der Waals surface area contributed by atoms with Crippen LogP contribution >= 0.6 is 11.3 Å². The molecule has 2 rings (SSSR count). The number of nitrogens with one attached hydrogen (secondary N) is 1. The monoisotopic (exact) mass is 291 g/mol. The zero-order chi connectivity index (χ0) is 14.8. The Kier molecular flexibility index (Phi) is 4.40. The lowest BCUT2D eigenvalue weighted by molar-refractivity contribution is -0.120. The molecule has 108 valence electrons. The normalized spacial score (nSPS) is 13.4. The molecule has 0 fully saturated rings. The van der Waals surface area contributed by atoms with E-state index in [1.807, 2.05) is 24.3 Å². The Morgan fingerprint density at radius 3 is 2.70 bits per heavy atom. The fourth-order valence-corrected chi connectivity index (χ4v) is 3.02. The lowest BCUT2D eigenvalue weighted by Crippen LogP contribution is -2.32. The second-order valence-corrected chi connectivity index (χ2v) is 7.20. The first-order valence-electron chi connectivity index (χ1n) is 6.75. The average Bonchev–Trinajstić information content (AvgIpc) is 2.76. The van der Waals surface area contributed by atoms with Gasteiger partial charge in [-0.15, -0.1) is 0 Å². The fraction of sp³-hybridized carbons (Fsp3) is 0.467. The maximum absolute atomic E-state index is 12.3. The molecule has 1 aromatic carbocycles. The number of hydrogen-bond donors (Lipinski definition) is 2. The molecule has 0 aliphatic carbocycles. The third kappa shape index (κ3) is 3.77. The molecule has 1 amide bonds. The summed E-state index contributed by atoms with van der Waals surface area (Å²) in [5, 5.41) is 3.54. The van der Waals surface area contributed by atoms with Crippen molar-refractivity contribution in [1.82, 2.24) is 4.98 Å². The van der Waals surface area contributed by atoms with Crippen LogP contribution in [0.15, 0.2) is 24.3 Å². The van der Waals surface area contributed by atoms with Crippen molar-refractivity contribution in [3.05, 3.63) is 24.3 Å². The molecule has 0 spiro atoms. The van der Waals surface area contributed by atoms with Gasteiger partial charge >= 0.3 is 0 Å². The number of thiazole rings is 1. The summed E-state index contributed by atoms with van der Waals surface area (Å²) in [7, 11) is 0. The number of hydrogen-bond acceptors (Lipinski definition) is 4. The van der Waals surface area contributed by atoms with Crippen molar-refractivity contribution in [1.29, 1.82) is 0 Å². The van der Waals surface area contributed by atoms with Crippen LogP contribution in [-0.4, -0.2) is 17.4 Å². The number of amides is 1. The summed E-state index contributed by atoms with van der Waals surface area (Å²) < 4.78 is 1.07. The Hall–Kier alpha value is -1.46. The van der Waals surface area contributed by atoms with Crippen molar-refractivity contribution in [2.45, 2.75) is 27.2 Å². The summed E-state index contributed by atoms with van der Waals surface area (Å²) in [6, 6.07) is 7.85. The van der Waals surface area contributed by atoms with Gasteiger partial charge in [-0.25, -0.2) is 4.98 Å². The average molecular weight is 291 g/mol. The third-order valence-electron chi connectivity index (χ3n) is 3.04. The van der Waals surface area contributed by atoms with Crippen LogP contribution in [0.25, 0.3) is 10.2 Å². The Balaban J connectivity index is 2.09. The maximum Gasteiger partial charge on any atom is 0.230 e. The number of rotatable bonds is 4. The van der Waals surface area contributed by atoms with Crippen LogP contribution in [0, 0.1) is 11.3 Å². The van der Waals surface area contributed by atoms with E-state index in [0.29, 0.717) is 11.7 Å². The van der Waals surface area contributed by atoms with Gasteiger partial charge in [0, 0.05) is 6.54 Å². The first-order chi connectivity index (χ1) is 9.39. The summed E-state index contributed by atoms with van der Waals surface area (Å²) in [6.07, 6.45) is 0.764. The Morgan fingerprint density at radius 1 is 1.40 bits per heavy atom. The Bertz CT molecular complexity index is 567. The van der Waals surface area contributed by atoms with E-state index >= 15 is 0 Å². The lowest BCUT2D eigenvalue weighted by Gasteiger charge is -2.23. The topological polar surface area (TPSA) is 68.0 Å². The van der Waals surface area contributed by atoms with Gasteiger partial charge in [0.2, 0.25) is 5.91 Å². The number of nitrogens with two attached hydrogens (primary N) is 1. The van der Waals surface area contributed by atoms with Gasteiger partial charge in [0.1, 0.15) is 0 Å². The molecule has 0 radical (unpaired) electrons. The highest BCUT2D eigenvalue weighted by atomic mass is 32.1. The first-order valence-corrected chi connectivity index (χ1v) is 7.57. The van der Waals surface area contributed by atoms with Crippen LogP contribution in [0.5, 0.6) is 0 Å². The molecular weight excluding hydrogens is 270 g/mol. The van der Waals surface area contributed by atoms with Gasteiger partial charge in [-0.2, -0.15) is 0 Å². The standard InChI is InChI=1S/C15H21N3OS/c1-15(2,3)8-10(9-16)13(19)18-14-17-11-6-4-5-7-12(11)20-14/h4-7,10H,8-9,16H2,1-3H3,(H,17,18,19). The fourth-order valence-electron chi connectivity index (χ4n) is 2.16. The van der Waals surface area contributed by atoms with Crippen molar-refractivity contribution in [2.75, 3.05) is 11.9 Å². The largest absolute Gasteiger partial charge is 0.330 e. The predicted molar refractivity (Wildman–Crippen MR) is 84.9 cm³/mol. The Labute approximate surface area is 123 Å². The second kappa shape index (κ2) is 5.89. The van der Waals surface area contributed by atoms with E-state index in [4.69, 9.17) is 5.73 Å². The maximum atomic E-state index is 12.3. The minimum absolute atomic E-state index is 0.0403. The van der Waals surface area contributed by atoms with Crippen LogP contribution in [-0.2, 0) is 4.79 Å². The smallest absolute Gasteiger partial charge is 0.230 e. The highest BCUT2D eigenvalue weighted by Gasteiger charge is 2.24. The van der Waals surface area contributed by atoms with Gasteiger partial charge < -0.3 is 11.1 Å². The number of benzene rings is 1. The summed E-state index contributed by atoms with van der Waals surface area (Å²) in [6.45, 7) is 6.69. The van der Waals surface area contributed by atoms with E-state index in [1.54, 1.807) is 0 Å². The number of aromatic nitrogens is 1. The molecule has 20 heavy (non-hydrogen) atoms. The van der Waals surface area contributed by atoms with Gasteiger partial charge in [-0.05, 0) is 24.0 Å². The summed E-state index contributed by atoms with van der Waals surface area (Å²) in [5.74, 6) is -0.219. The van der Waals surface area contributed by atoms with Crippen molar-refractivity contribution in [2.24, 2.45) is 17.1 Å². The zero-order valence-electron chi connectivity index (χ0n) is 12.1. The van der Waals surface area contributed by atoms with Crippen LogP contribution in [0.1, 0.15) is 27.2 Å². The quantitative estimate of drug-likeness (QED) is 0.908. The highest BCUT2D eigenvalue weighted by molar-refractivity contribution is 7.22. The summed E-state index contributed by atoms with van der Waals surface area (Å²) >= 11 is 1.49. The predicted octanol–water partition coefficient (Wildman–Crippen LogP) is 3.25. The third-order valence-corrected chi connectivity index (χ3v) is 3.99. The SMILES string of the molecule is CC(C)(C)CC(CN)C(=O)Nc1nc2ccccc2s1. The minimum atomic E-state index is -0.179. The molecule has 5 heteroatoms. The van der Waals surface area contributed by atoms with Crippen molar-refractivity contribution in [3.63, 3.8) is 0 Å². The van der Waals surface area contributed by atoms with E-state index in [-0.39, 0.29) is 17.2 Å². The summed E-state index contributed by atoms with van der Waals surface area (Å²) in [4.78, 5) is 16.7. The van der Waals surface area contributed by atoms with Crippen molar-refractivity contribution in [3.8, 4) is 0 Å². The van der Waals surface area contributed by atoms with Gasteiger partial charge in [-0.3, -0.25) is 4.79 Å². The number of anilines is 1. The van der Waals surface area contributed by atoms with Crippen molar-refractivity contribution >= 4 is 32.6 Å². The molecule has 1 heterocycles. The number of carbonyl (C=O) groups excluding carboxylic acids is 1. The lowest BCUT2D eigenvalue weighted by atomic mass is 9.84. The van der Waals surface area contributed by atoms with Crippen LogP contribution < -0.4 is 11.1 Å². The van der Waals surface area contributed by atoms with Gasteiger partial charge in [0.25, 0.3) is 0 Å². The number of para-hydroxylation sites is 1. The molecule has 4 nitrogen and oxygen atoms in total. The van der Waals surface area contributed by atoms with E-state index in [2.05, 4.69) is 31.1 Å². The molecule has 1 unspecified atom stereocenters. The van der Waals surface area contributed by atoms with Crippen molar-refractivity contribution < 1.29 is 4.79 Å². The number of carbonyl (C=O) groups is 1. The van der Waals surface area contributed by atoms with Gasteiger partial charge in [0.15, 0.2) is 5.13 Å². The van der Waals surface area contributed by atoms with Gasteiger partial charge in [0.05, 0.1) is 16.1 Å². The van der Waals surface area contributed by atoms with Crippen LogP contribution in [0.2, 0.25) is 0 Å². The molecule has 1 atom stereocenters. The molecule has 0 saturated heterocycles. The molecule has 0 aliphatic heterocycles. The van der Waals surface area contributed by atoms with Crippen LogP contribution in [0.3, 0.4) is 0 Å². The molecule has 3 N–H and O–H groups in total. The van der Waals surface area contributed by atoms with E-state index in [1.165, 1.54) is 11.3 Å². The van der Waals surface area contributed by atoms with E-state index in [0.717, 1.165) is 16.6 Å². The molecular formula is C15H21N3OS. The summed E-state index contributed by atoms with van der Waals surface area (Å²) in [5.41, 5.74) is 6.72. The van der Waals surface area contributed by atoms with Crippen LogP contribution in [0.4, 0.5) is 5.13 Å². The van der Waals surface area contributed by atoms with E-state index < -0.39 is 0 Å². The molecule has 0 saturated carbocycles. The number of fused-ring (bicyclic) bond motifs is 1. The minimum Gasteiger partial charge on any atom is -0.330 e. The van der Waals surface area contributed by atoms with E-state index in [9.17, 15) is 4.79 Å². The molecule has 0 aliphatic rings. The zero-order valence-corrected chi connectivity index (χ0v) is 13.0. The molecule has 2 aromatic rings. The molecule has 1 aromatic heterocycles. The second-order valence-electron chi connectivity index (χ2n) is 6.17.